The van der Waals surface area contributed by atoms with Crippen molar-refractivity contribution in [1.82, 2.24) is 4.57 Å². The third-order valence-electron chi connectivity index (χ3n) is 4.19. The summed E-state index contributed by atoms with van der Waals surface area (Å²) in [5, 5.41) is 3.50. The van der Waals surface area contributed by atoms with Gasteiger partial charge in [-0.3, -0.25) is 9.36 Å². The Labute approximate surface area is 128 Å². The van der Waals surface area contributed by atoms with Crippen LogP contribution < -0.4 is 10.9 Å². The summed E-state index contributed by atoms with van der Waals surface area (Å²) in [5.74, 6) is 0.871. The van der Waals surface area contributed by atoms with Gasteiger partial charge < -0.3 is 5.32 Å². The molecule has 3 heteroatoms. The van der Waals surface area contributed by atoms with E-state index >= 15 is 0 Å². The maximum absolute atomic E-state index is 12.4. The zero-order chi connectivity index (χ0) is 14.9. The molecule has 1 aliphatic rings. The SMILES string of the molecule is O=c1cccc2n1C(c1ccccc1)C(c1ccccc1)N2. The van der Waals surface area contributed by atoms with E-state index in [-0.39, 0.29) is 17.6 Å². The fraction of sp³-hybridized carbons (Fsp3) is 0.105. The molecule has 0 radical (unpaired) electrons. The first-order valence-corrected chi connectivity index (χ1v) is 7.42. The van der Waals surface area contributed by atoms with Crippen molar-refractivity contribution in [2.24, 2.45) is 0 Å². The molecular weight excluding hydrogens is 272 g/mol. The molecule has 0 amide bonds. The van der Waals surface area contributed by atoms with Gasteiger partial charge in [-0.2, -0.15) is 0 Å². The molecule has 2 unspecified atom stereocenters. The first-order valence-electron chi connectivity index (χ1n) is 7.42. The number of hydrogen-bond acceptors (Lipinski definition) is 2. The van der Waals surface area contributed by atoms with Crippen LogP contribution in [0.2, 0.25) is 0 Å². The number of aromatic nitrogens is 1. The summed E-state index contributed by atoms with van der Waals surface area (Å²) in [6.45, 7) is 0. The molecule has 22 heavy (non-hydrogen) atoms. The van der Waals surface area contributed by atoms with Crippen LogP contribution in [0.25, 0.3) is 0 Å². The van der Waals surface area contributed by atoms with E-state index in [1.165, 1.54) is 5.56 Å². The predicted molar refractivity (Wildman–Crippen MR) is 88.1 cm³/mol. The lowest BCUT2D eigenvalue weighted by Gasteiger charge is -2.21. The third kappa shape index (κ3) is 2.02. The summed E-state index contributed by atoms with van der Waals surface area (Å²) in [5.41, 5.74) is 2.34. The molecule has 0 saturated carbocycles. The average molecular weight is 288 g/mol. The summed E-state index contributed by atoms with van der Waals surface area (Å²) in [6.07, 6.45) is 0. The molecule has 2 heterocycles. The number of rotatable bonds is 2. The lowest BCUT2D eigenvalue weighted by Crippen LogP contribution is -2.23. The molecule has 0 aliphatic carbocycles. The minimum Gasteiger partial charge on any atom is -0.362 e. The normalized spacial score (nSPS) is 19.5. The number of nitrogens with one attached hydrogen (secondary N) is 1. The van der Waals surface area contributed by atoms with Crippen LogP contribution in [0.3, 0.4) is 0 Å². The highest BCUT2D eigenvalue weighted by Gasteiger charge is 2.34. The molecule has 2 atom stereocenters. The van der Waals surface area contributed by atoms with Crippen LogP contribution in [0.1, 0.15) is 23.2 Å². The topological polar surface area (TPSA) is 34.0 Å². The van der Waals surface area contributed by atoms with E-state index in [0.717, 1.165) is 11.4 Å². The lowest BCUT2D eigenvalue weighted by atomic mass is 9.94. The quantitative estimate of drug-likeness (QED) is 0.781. The highest BCUT2D eigenvalue weighted by molar-refractivity contribution is 5.48. The fourth-order valence-corrected chi connectivity index (χ4v) is 3.21. The van der Waals surface area contributed by atoms with E-state index in [9.17, 15) is 4.79 Å². The van der Waals surface area contributed by atoms with Crippen LogP contribution in [0, 0.1) is 0 Å². The standard InChI is InChI=1S/C19H16N2O/c22-17-13-7-12-16-20-18(14-8-3-1-4-9-14)19(21(16)17)15-10-5-2-6-11-15/h1-13,18-20H. The minimum atomic E-state index is -0.0349. The smallest absolute Gasteiger partial charge is 0.252 e. The number of fused-ring (bicyclic) bond motifs is 1. The number of benzene rings is 2. The van der Waals surface area contributed by atoms with Crippen molar-refractivity contribution in [3.8, 4) is 0 Å². The Kier molecular flexibility index (Phi) is 3.04. The molecule has 108 valence electrons. The Morgan fingerprint density at radius 2 is 1.36 bits per heavy atom. The Balaban J connectivity index is 1.91. The van der Waals surface area contributed by atoms with Gasteiger partial charge in [0.25, 0.3) is 5.56 Å². The zero-order valence-corrected chi connectivity index (χ0v) is 12.0. The van der Waals surface area contributed by atoms with E-state index in [0.29, 0.717) is 0 Å². The van der Waals surface area contributed by atoms with Gasteiger partial charge in [-0.15, -0.1) is 0 Å². The summed E-state index contributed by atoms with van der Waals surface area (Å²) in [7, 11) is 0. The second-order valence-corrected chi connectivity index (χ2v) is 5.51. The molecule has 4 rings (SSSR count). The molecule has 0 fully saturated rings. The fourth-order valence-electron chi connectivity index (χ4n) is 3.21. The molecule has 3 nitrogen and oxygen atoms in total. The van der Waals surface area contributed by atoms with Gasteiger partial charge in [0.2, 0.25) is 0 Å². The van der Waals surface area contributed by atoms with Gasteiger partial charge in [-0.25, -0.2) is 0 Å². The maximum Gasteiger partial charge on any atom is 0.252 e. The monoisotopic (exact) mass is 288 g/mol. The predicted octanol–water partition coefficient (Wildman–Crippen LogP) is 3.60. The van der Waals surface area contributed by atoms with E-state index < -0.39 is 0 Å². The van der Waals surface area contributed by atoms with Crippen molar-refractivity contribution < 1.29 is 0 Å². The largest absolute Gasteiger partial charge is 0.362 e. The molecule has 0 saturated heterocycles. The zero-order valence-electron chi connectivity index (χ0n) is 12.0. The maximum atomic E-state index is 12.4. The summed E-state index contributed by atoms with van der Waals surface area (Å²) < 4.78 is 1.85. The van der Waals surface area contributed by atoms with Crippen LogP contribution in [0.5, 0.6) is 0 Å². The molecule has 2 aromatic carbocycles. The van der Waals surface area contributed by atoms with E-state index in [4.69, 9.17) is 0 Å². The first kappa shape index (κ1) is 12.9. The number of anilines is 1. The van der Waals surface area contributed by atoms with Crippen LogP contribution in [0.4, 0.5) is 5.82 Å². The minimum absolute atomic E-state index is 0.0253. The van der Waals surface area contributed by atoms with Crippen molar-refractivity contribution in [2.75, 3.05) is 5.32 Å². The van der Waals surface area contributed by atoms with E-state index in [2.05, 4.69) is 29.6 Å². The summed E-state index contributed by atoms with van der Waals surface area (Å²) >= 11 is 0. The van der Waals surface area contributed by atoms with E-state index in [1.807, 2.05) is 47.0 Å². The van der Waals surface area contributed by atoms with Crippen molar-refractivity contribution in [3.05, 3.63) is 100 Å². The van der Waals surface area contributed by atoms with Crippen molar-refractivity contribution in [1.29, 1.82) is 0 Å². The van der Waals surface area contributed by atoms with Crippen molar-refractivity contribution in [2.45, 2.75) is 12.1 Å². The molecule has 1 aromatic heterocycles. The van der Waals surface area contributed by atoms with Gasteiger partial charge >= 0.3 is 0 Å². The molecule has 0 spiro atoms. The number of pyridine rings is 1. The van der Waals surface area contributed by atoms with Crippen molar-refractivity contribution in [3.63, 3.8) is 0 Å². The number of hydrogen-bond donors (Lipinski definition) is 1. The highest BCUT2D eigenvalue weighted by Crippen LogP contribution is 2.40. The summed E-state index contributed by atoms with van der Waals surface area (Å²) in [4.78, 5) is 12.4. The second kappa shape index (κ2) is 5.19. The Morgan fingerprint density at radius 1 is 0.727 bits per heavy atom. The van der Waals surface area contributed by atoms with Crippen LogP contribution in [0.15, 0.2) is 83.7 Å². The van der Waals surface area contributed by atoms with Gasteiger partial charge in [0.1, 0.15) is 5.82 Å². The first-order chi connectivity index (χ1) is 10.8. The average Bonchev–Trinajstić information content (AvgIpc) is 2.97. The molecule has 1 N–H and O–H groups in total. The number of nitrogens with zero attached hydrogens (tertiary/aromatic N) is 1. The van der Waals surface area contributed by atoms with Crippen molar-refractivity contribution >= 4 is 5.82 Å². The molecule has 1 aliphatic heterocycles. The van der Waals surface area contributed by atoms with Crippen LogP contribution >= 0.6 is 0 Å². The van der Waals surface area contributed by atoms with E-state index in [1.54, 1.807) is 12.1 Å². The van der Waals surface area contributed by atoms with Crippen LogP contribution in [-0.4, -0.2) is 4.57 Å². The highest BCUT2D eigenvalue weighted by atomic mass is 16.1. The molecule has 3 aromatic rings. The molecular formula is C19H16N2O. The third-order valence-corrected chi connectivity index (χ3v) is 4.19. The second-order valence-electron chi connectivity index (χ2n) is 5.51. The van der Waals surface area contributed by atoms with Gasteiger partial charge in [0.05, 0.1) is 12.1 Å². The Hall–Kier alpha value is -2.81. The van der Waals surface area contributed by atoms with Gasteiger partial charge in [-0.05, 0) is 17.2 Å². The van der Waals surface area contributed by atoms with Crippen LogP contribution in [-0.2, 0) is 0 Å². The summed E-state index contributed by atoms with van der Waals surface area (Å²) in [6, 6.07) is 25.9. The van der Waals surface area contributed by atoms with Gasteiger partial charge in [0, 0.05) is 6.07 Å². The Bertz CT molecular complexity index is 840. The molecule has 0 bridgehead atoms. The van der Waals surface area contributed by atoms with Gasteiger partial charge in [0.15, 0.2) is 0 Å². The lowest BCUT2D eigenvalue weighted by molar-refractivity contribution is 0.556. The van der Waals surface area contributed by atoms with Gasteiger partial charge in [-0.1, -0.05) is 66.7 Å². The Morgan fingerprint density at radius 3 is 2.05 bits per heavy atom.